The number of hydrogen-bond donors (Lipinski definition) is 1. The topological polar surface area (TPSA) is 55.6 Å². The molecule has 0 aliphatic rings. The lowest BCUT2D eigenvalue weighted by atomic mass is 10.3. The molecule has 0 aliphatic carbocycles. The first-order chi connectivity index (χ1) is 6.89. The molecule has 0 heterocycles. The van der Waals surface area contributed by atoms with Crippen molar-refractivity contribution in [1.82, 2.24) is 4.67 Å². The fraction of sp³-hybridized carbons (Fsp3) is 1.00. The summed E-state index contributed by atoms with van der Waals surface area (Å²) in [6.07, 6.45) is 1.28. The van der Waals surface area contributed by atoms with Crippen molar-refractivity contribution in [3.63, 3.8) is 0 Å². The van der Waals surface area contributed by atoms with E-state index in [1.807, 2.05) is 32.4 Å². The molecule has 2 N–H and O–H groups in total. The normalized spacial score (nSPS) is 16.3. The highest BCUT2D eigenvalue weighted by Crippen LogP contribution is 2.52. The molecule has 1 unspecified atom stereocenters. The molecule has 1 atom stereocenters. The summed E-state index contributed by atoms with van der Waals surface area (Å²) in [6.45, 7) is 8.70. The van der Waals surface area contributed by atoms with E-state index in [0.717, 1.165) is 6.42 Å². The SMILES string of the molecule is COP(=O)(CCCN)N(C(C)C)C(C)C. The highest BCUT2D eigenvalue weighted by Gasteiger charge is 2.33. The Labute approximate surface area is 93.7 Å². The number of nitrogens with two attached hydrogens (primary N) is 1. The molecule has 0 amide bonds. The van der Waals surface area contributed by atoms with Crippen LogP contribution in [0.5, 0.6) is 0 Å². The minimum atomic E-state index is -2.69. The molecular formula is C10H25N2O2P. The number of nitrogens with zero attached hydrogens (tertiary/aromatic N) is 1. The molecule has 0 bridgehead atoms. The third-order valence-corrected chi connectivity index (χ3v) is 5.42. The summed E-state index contributed by atoms with van der Waals surface area (Å²) in [5.41, 5.74) is 5.45. The van der Waals surface area contributed by atoms with E-state index in [9.17, 15) is 4.57 Å². The monoisotopic (exact) mass is 236 g/mol. The molecule has 4 nitrogen and oxygen atoms in total. The summed E-state index contributed by atoms with van der Waals surface area (Å²) < 4.78 is 19.8. The molecule has 5 heteroatoms. The van der Waals surface area contributed by atoms with Crippen molar-refractivity contribution in [1.29, 1.82) is 0 Å². The van der Waals surface area contributed by atoms with Gasteiger partial charge < -0.3 is 10.3 Å². The molecule has 0 rings (SSSR count). The van der Waals surface area contributed by atoms with E-state index in [0.29, 0.717) is 12.7 Å². The van der Waals surface area contributed by atoms with Crippen molar-refractivity contribution < 1.29 is 9.09 Å². The van der Waals surface area contributed by atoms with Gasteiger partial charge in [-0.25, -0.2) is 4.67 Å². The van der Waals surface area contributed by atoms with Crippen molar-refractivity contribution in [2.24, 2.45) is 5.73 Å². The Morgan fingerprint density at radius 1 is 1.27 bits per heavy atom. The van der Waals surface area contributed by atoms with Gasteiger partial charge in [0.1, 0.15) is 0 Å². The Morgan fingerprint density at radius 2 is 1.73 bits per heavy atom. The Bertz CT molecular complexity index is 211. The van der Waals surface area contributed by atoms with E-state index in [1.54, 1.807) is 0 Å². The van der Waals surface area contributed by atoms with Gasteiger partial charge in [0.2, 0.25) is 0 Å². The summed E-state index contributed by atoms with van der Waals surface area (Å²) in [5.74, 6) is 0. The van der Waals surface area contributed by atoms with Crippen LogP contribution in [0.1, 0.15) is 34.1 Å². The van der Waals surface area contributed by atoms with E-state index in [4.69, 9.17) is 10.3 Å². The largest absolute Gasteiger partial charge is 0.330 e. The Hall–Kier alpha value is 0.110. The average Bonchev–Trinajstić information content (AvgIpc) is 2.13. The second-order valence-electron chi connectivity index (χ2n) is 4.25. The van der Waals surface area contributed by atoms with Gasteiger partial charge in [-0.3, -0.25) is 4.57 Å². The van der Waals surface area contributed by atoms with Crippen LogP contribution in [0.3, 0.4) is 0 Å². The summed E-state index contributed by atoms with van der Waals surface area (Å²) in [6, 6.07) is 0.433. The van der Waals surface area contributed by atoms with Gasteiger partial charge in [0, 0.05) is 25.4 Å². The molecule has 0 fully saturated rings. The van der Waals surface area contributed by atoms with Crippen LogP contribution in [0.2, 0.25) is 0 Å². The highest BCUT2D eigenvalue weighted by molar-refractivity contribution is 7.56. The van der Waals surface area contributed by atoms with E-state index in [1.165, 1.54) is 7.11 Å². The minimum absolute atomic E-state index is 0.216. The molecule has 0 aromatic carbocycles. The first kappa shape index (κ1) is 15.1. The van der Waals surface area contributed by atoms with Gasteiger partial charge in [-0.2, -0.15) is 0 Å². The first-order valence-corrected chi connectivity index (χ1v) is 7.29. The van der Waals surface area contributed by atoms with E-state index < -0.39 is 7.52 Å². The number of rotatable bonds is 7. The van der Waals surface area contributed by atoms with Crippen LogP contribution in [0, 0.1) is 0 Å². The molecule has 0 saturated carbocycles. The third kappa shape index (κ3) is 4.23. The Kier molecular flexibility index (Phi) is 6.69. The minimum Gasteiger partial charge on any atom is -0.330 e. The molecule has 0 aromatic rings. The van der Waals surface area contributed by atoms with Crippen LogP contribution in [0.25, 0.3) is 0 Å². The lowest BCUT2D eigenvalue weighted by Gasteiger charge is -2.36. The molecule has 92 valence electrons. The zero-order valence-corrected chi connectivity index (χ0v) is 11.5. The standard InChI is InChI=1S/C10H25N2O2P/c1-9(2)12(10(3)4)15(13,14-5)8-6-7-11/h9-10H,6-8,11H2,1-5H3. The highest BCUT2D eigenvalue weighted by atomic mass is 31.2. The zero-order chi connectivity index (χ0) is 12.1. The van der Waals surface area contributed by atoms with Gasteiger partial charge in [-0.15, -0.1) is 0 Å². The lowest BCUT2D eigenvalue weighted by Crippen LogP contribution is -2.35. The van der Waals surface area contributed by atoms with Crippen molar-refractivity contribution >= 4 is 7.52 Å². The average molecular weight is 236 g/mol. The quantitative estimate of drug-likeness (QED) is 0.689. The number of hydrogen-bond acceptors (Lipinski definition) is 3. The fourth-order valence-corrected chi connectivity index (χ4v) is 4.48. The van der Waals surface area contributed by atoms with Gasteiger partial charge in [0.25, 0.3) is 7.52 Å². The van der Waals surface area contributed by atoms with Gasteiger partial charge in [-0.05, 0) is 40.7 Å². The molecule has 15 heavy (non-hydrogen) atoms. The van der Waals surface area contributed by atoms with Crippen LogP contribution in [-0.4, -0.2) is 36.6 Å². The summed E-state index contributed by atoms with van der Waals surface area (Å²) in [5, 5.41) is 0. The van der Waals surface area contributed by atoms with Crippen LogP contribution in [0.15, 0.2) is 0 Å². The maximum absolute atomic E-state index is 12.6. The van der Waals surface area contributed by atoms with Crippen molar-refractivity contribution in [3.05, 3.63) is 0 Å². The van der Waals surface area contributed by atoms with E-state index in [-0.39, 0.29) is 12.1 Å². The summed E-state index contributed by atoms with van der Waals surface area (Å²) in [7, 11) is -1.16. The molecule has 0 radical (unpaired) electrons. The van der Waals surface area contributed by atoms with Crippen LogP contribution in [-0.2, 0) is 9.09 Å². The van der Waals surface area contributed by atoms with Gasteiger partial charge in [0.05, 0.1) is 0 Å². The van der Waals surface area contributed by atoms with Crippen molar-refractivity contribution in [3.8, 4) is 0 Å². The Balaban J connectivity index is 4.78. The summed E-state index contributed by atoms with van der Waals surface area (Å²) >= 11 is 0. The second kappa shape index (κ2) is 6.64. The molecule has 0 spiro atoms. The van der Waals surface area contributed by atoms with Crippen LogP contribution in [0.4, 0.5) is 0 Å². The zero-order valence-electron chi connectivity index (χ0n) is 10.6. The fourth-order valence-electron chi connectivity index (χ4n) is 1.89. The predicted molar refractivity (Wildman–Crippen MR) is 65.3 cm³/mol. The third-order valence-electron chi connectivity index (χ3n) is 2.34. The van der Waals surface area contributed by atoms with Gasteiger partial charge in [0.15, 0.2) is 0 Å². The van der Waals surface area contributed by atoms with Crippen LogP contribution < -0.4 is 5.73 Å². The molecule has 0 aromatic heterocycles. The van der Waals surface area contributed by atoms with Crippen molar-refractivity contribution in [2.75, 3.05) is 19.8 Å². The first-order valence-electron chi connectivity index (χ1n) is 5.52. The smallest absolute Gasteiger partial charge is 0.272 e. The maximum Gasteiger partial charge on any atom is 0.272 e. The van der Waals surface area contributed by atoms with Crippen LogP contribution >= 0.6 is 7.52 Å². The molecular weight excluding hydrogens is 211 g/mol. The predicted octanol–water partition coefficient (Wildman–Crippen LogP) is 2.29. The van der Waals surface area contributed by atoms with Gasteiger partial charge in [-0.1, -0.05) is 0 Å². The van der Waals surface area contributed by atoms with E-state index >= 15 is 0 Å². The second-order valence-corrected chi connectivity index (χ2v) is 6.80. The Morgan fingerprint density at radius 3 is 2.00 bits per heavy atom. The lowest BCUT2D eigenvalue weighted by molar-refractivity contribution is 0.241. The molecule has 0 aliphatic heterocycles. The molecule has 0 saturated heterocycles. The maximum atomic E-state index is 12.6. The van der Waals surface area contributed by atoms with E-state index in [2.05, 4.69) is 0 Å². The van der Waals surface area contributed by atoms with Gasteiger partial charge >= 0.3 is 0 Å². The van der Waals surface area contributed by atoms with Crippen molar-refractivity contribution in [2.45, 2.75) is 46.2 Å². The summed E-state index contributed by atoms with van der Waals surface area (Å²) in [4.78, 5) is 0.